The zero-order chi connectivity index (χ0) is 18.4. The van der Waals surface area contributed by atoms with E-state index >= 15 is 0 Å². The van der Waals surface area contributed by atoms with Gasteiger partial charge in [-0.25, -0.2) is 14.4 Å². The maximum absolute atomic E-state index is 13.4. The van der Waals surface area contributed by atoms with E-state index in [0.717, 1.165) is 17.0 Å². The molecule has 134 valence electrons. The number of nitrogens with zero attached hydrogens (tertiary/aromatic N) is 3. The van der Waals surface area contributed by atoms with Gasteiger partial charge in [0.1, 0.15) is 5.82 Å². The van der Waals surface area contributed by atoms with Crippen molar-refractivity contribution in [3.8, 4) is 22.8 Å². The molecule has 0 unspecified atom stereocenters. The zero-order valence-corrected chi connectivity index (χ0v) is 14.6. The summed E-state index contributed by atoms with van der Waals surface area (Å²) < 4.78 is 26.1. The first-order valence-electron chi connectivity index (χ1n) is 8.13. The van der Waals surface area contributed by atoms with E-state index in [2.05, 4.69) is 15.3 Å². The fourth-order valence-corrected chi connectivity index (χ4v) is 3.17. The molecule has 0 saturated heterocycles. The third-order valence-corrected chi connectivity index (χ3v) is 4.57. The van der Waals surface area contributed by atoms with Gasteiger partial charge in [0.15, 0.2) is 23.0 Å². The second kappa shape index (κ2) is 6.14. The summed E-state index contributed by atoms with van der Waals surface area (Å²) in [5.74, 6) is 1.49. The summed E-state index contributed by atoms with van der Waals surface area (Å²) in [6, 6.07) is 10.1. The van der Waals surface area contributed by atoms with Crippen LogP contribution in [0.1, 0.15) is 0 Å². The van der Waals surface area contributed by atoms with Crippen LogP contribution in [0.2, 0.25) is 5.02 Å². The molecule has 3 heterocycles. The molecular weight excluding hydrogens is 371 g/mol. The Bertz CT molecular complexity index is 1180. The first-order valence-corrected chi connectivity index (χ1v) is 8.51. The minimum absolute atomic E-state index is 0.0383. The molecule has 2 aromatic carbocycles. The lowest BCUT2D eigenvalue weighted by atomic mass is 10.1. The van der Waals surface area contributed by atoms with Crippen LogP contribution < -0.4 is 14.8 Å². The van der Waals surface area contributed by atoms with Crippen LogP contribution >= 0.6 is 11.6 Å². The average Bonchev–Trinajstić information content (AvgIpc) is 3.31. The van der Waals surface area contributed by atoms with Gasteiger partial charge in [-0.15, -0.1) is 0 Å². The second-order valence-electron chi connectivity index (χ2n) is 5.93. The minimum Gasteiger partial charge on any atom is -0.454 e. The summed E-state index contributed by atoms with van der Waals surface area (Å²) in [6.45, 7) is 0.226. The normalized spacial score (nSPS) is 12.5. The molecule has 1 aliphatic rings. The lowest BCUT2D eigenvalue weighted by Crippen LogP contribution is -1.99. The van der Waals surface area contributed by atoms with Crippen molar-refractivity contribution in [1.82, 2.24) is 14.4 Å². The van der Waals surface area contributed by atoms with E-state index in [-0.39, 0.29) is 11.8 Å². The standard InChI is InChI=1S/C19H12ClFN4O2/c20-13-8-12(2-3-14(13)21)24-18-19-23-9-15(25(19)6-5-22-18)11-1-4-16-17(7-11)27-10-26-16/h1-9H,10H2,(H,22,24). The van der Waals surface area contributed by atoms with Gasteiger partial charge in [0.05, 0.1) is 16.9 Å². The zero-order valence-electron chi connectivity index (χ0n) is 13.8. The van der Waals surface area contributed by atoms with Crippen molar-refractivity contribution >= 4 is 28.8 Å². The summed E-state index contributed by atoms with van der Waals surface area (Å²) in [5.41, 5.74) is 3.07. The highest BCUT2D eigenvalue weighted by Gasteiger charge is 2.16. The van der Waals surface area contributed by atoms with E-state index in [1.807, 2.05) is 28.8 Å². The molecule has 4 aromatic rings. The van der Waals surface area contributed by atoms with E-state index in [9.17, 15) is 4.39 Å². The van der Waals surface area contributed by atoms with Crippen molar-refractivity contribution in [2.24, 2.45) is 0 Å². The Balaban J connectivity index is 1.55. The van der Waals surface area contributed by atoms with Gasteiger partial charge in [0.25, 0.3) is 0 Å². The SMILES string of the molecule is Fc1ccc(Nc2nccn3c(-c4ccc5c(c4)OCO5)cnc23)cc1Cl. The molecule has 0 radical (unpaired) electrons. The Kier molecular flexibility index (Phi) is 3.61. The molecule has 8 heteroatoms. The maximum Gasteiger partial charge on any atom is 0.231 e. The summed E-state index contributed by atoms with van der Waals surface area (Å²) in [4.78, 5) is 8.83. The first kappa shape index (κ1) is 15.9. The third-order valence-electron chi connectivity index (χ3n) is 4.28. The largest absolute Gasteiger partial charge is 0.454 e. The number of hydrogen-bond donors (Lipinski definition) is 1. The van der Waals surface area contributed by atoms with E-state index in [1.54, 1.807) is 18.5 Å². The number of anilines is 2. The summed E-state index contributed by atoms with van der Waals surface area (Å²) >= 11 is 5.85. The van der Waals surface area contributed by atoms with Crippen LogP contribution in [0.5, 0.6) is 11.5 Å². The monoisotopic (exact) mass is 382 g/mol. The molecule has 0 amide bonds. The van der Waals surface area contributed by atoms with Gasteiger partial charge in [-0.1, -0.05) is 11.6 Å². The average molecular weight is 383 g/mol. The molecule has 0 saturated carbocycles. The van der Waals surface area contributed by atoms with Crippen LogP contribution in [0.3, 0.4) is 0 Å². The van der Waals surface area contributed by atoms with Crippen LogP contribution in [0.4, 0.5) is 15.9 Å². The minimum atomic E-state index is -0.473. The van der Waals surface area contributed by atoms with Crippen molar-refractivity contribution in [2.45, 2.75) is 0 Å². The molecule has 2 aromatic heterocycles. The van der Waals surface area contributed by atoms with E-state index in [0.29, 0.717) is 22.9 Å². The van der Waals surface area contributed by atoms with Crippen molar-refractivity contribution in [3.63, 3.8) is 0 Å². The van der Waals surface area contributed by atoms with Gasteiger partial charge in [-0.05, 0) is 36.4 Å². The number of fused-ring (bicyclic) bond motifs is 2. The smallest absolute Gasteiger partial charge is 0.231 e. The lowest BCUT2D eigenvalue weighted by molar-refractivity contribution is 0.174. The molecular formula is C19H12ClFN4O2. The Morgan fingerprint density at radius 3 is 2.85 bits per heavy atom. The molecule has 0 aliphatic carbocycles. The quantitative estimate of drug-likeness (QED) is 0.558. The van der Waals surface area contributed by atoms with Gasteiger partial charge in [-0.3, -0.25) is 4.40 Å². The van der Waals surface area contributed by atoms with Gasteiger partial charge >= 0.3 is 0 Å². The molecule has 0 spiro atoms. The predicted molar refractivity (Wildman–Crippen MR) is 99.2 cm³/mol. The van der Waals surface area contributed by atoms with Crippen molar-refractivity contribution in [3.05, 3.63) is 65.8 Å². The van der Waals surface area contributed by atoms with Crippen LogP contribution in [-0.4, -0.2) is 21.2 Å². The maximum atomic E-state index is 13.4. The van der Waals surface area contributed by atoms with Gasteiger partial charge in [0, 0.05) is 23.6 Å². The molecule has 0 atom stereocenters. The first-order chi connectivity index (χ1) is 13.2. The van der Waals surface area contributed by atoms with E-state index < -0.39 is 5.82 Å². The molecule has 27 heavy (non-hydrogen) atoms. The number of hydrogen-bond acceptors (Lipinski definition) is 5. The molecule has 1 aliphatic heterocycles. The van der Waals surface area contributed by atoms with E-state index in [1.165, 1.54) is 12.1 Å². The second-order valence-corrected chi connectivity index (χ2v) is 6.34. The molecule has 0 bridgehead atoms. The lowest BCUT2D eigenvalue weighted by Gasteiger charge is -2.08. The highest BCUT2D eigenvalue weighted by Crippen LogP contribution is 2.36. The fourth-order valence-electron chi connectivity index (χ4n) is 2.99. The number of halogens is 2. The molecule has 1 N–H and O–H groups in total. The Hall–Kier alpha value is -3.32. The third kappa shape index (κ3) is 2.72. The van der Waals surface area contributed by atoms with Gasteiger partial charge < -0.3 is 14.8 Å². The highest BCUT2D eigenvalue weighted by molar-refractivity contribution is 6.31. The Labute approximate surface area is 158 Å². The van der Waals surface area contributed by atoms with Gasteiger partial charge in [0.2, 0.25) is 6.79 Å². The number of nitrogens with one attached hydrogen (secondary N) is 1. The number of benzene rings is 2. The highest BCUT2D eigenvalue weighted by atomic mass is 35.5. The number of aromatic nitrogens is 3. The number of imidazole rings is 1. The fraction of sp³-hybridized carbons (Fsp3) is 0.0526. The van der Waals surface area contributed by atoms with Crippen molar-refractivity contribution in [1.29, 1.82) is 0 Å². The predicted octanol–water partition coefficient (Wildman–Crippen LogP) is 4.66. The molecule has 5 rings (SSSR count). The van der Waals surface area contributed by atoms with Gasteiger partial charge in [-0.2, -0.15) is 0 Å². The van der Waals surface area contributed by atoms with Crippen LogP contribution in [-0.2, 0) is 0 Å². The Morgan fingerprint density at radius 2 is 1.96 bits per heavy atom. The van der Waals surface area contributed by atoms with E-state index in [4.69, 9.17) is 21.1 Å². The molecule has 6 nitrogen and oxygen atoms in total. The topological polar surface area (TPSA) is 60.7 Å². The summed E-state index contributed by atoms with van der Waals surface area (Å²) in [5, 5.41) is 3.17. The summed E-state index contributed by atoms with van der Waals surface area (Å²) in [7, 11) is 0. The van der Waals surface area contributed by atoms with Crippen molar-refractivity contribution < 1.29 is 13.9 Å². The van der Waals surface area contributed by atoms with Crippen LogP contribution in [0.25, 0.3) is 16.9 Å². The molecule has 0 fully saturated rings. The number of rotatable bonds is 3. The van der Waals surface area contributed by atoms with Crippen molar-refractivity contribution in [2.75, 3.05) is 12.1 Å². The van der Waals surface area contributed by atoms with Crippen LogP contribution in [0, 0.1) is 5.82 Å². The Morgan fingerprint density at radius 1 is 1.07 bits per heavy atom. The summed E-state index contributed by atoms with van der Waals surface area (Å²) in [6.07, 6.45) is 5.25. The van der Waals surface area contributed by atoms with Crippen LogP contribution in [0.15, 0.2) is 55.0 Å². The number of ether oxygens (including phenoxy) is 2.